The molecular weight excluding hydrogens is 338 g/mol. The van der Waals surface area contributed by atoms with Gasteiger partial charge in [0.05, 0.1) is 0 Å². The van der Waals surface area contributed by atoms with Gasteiger partial charge < -0.3 is 5.32 Å². The van der Waals surface area contributed by atoms with E-state index in [1.54, 1.807) is 0 Å². The van der Waals surface area contributed by atoms with E-state index in [1.807, 2.05) is 6.07 Å². The van der Waals surface area contributed by atoms with E-state index in [4.69, 9.17) is 0 Å². The third kappa shape index (κ3) is 5.94. The predicted octanol–water partition coefficient (Wildman–Crippen LogP) is 3.62. The zero-order valence-corrected chi connectivity index (χ0v) is 14.9. The first-order valence-corrected chi connectivity index (χ1v) is 9.86. The lowest BCUT2D eigenvalue weighted by Gasteiger charge is -2.21. The molecule has 0 fully saturated rings. The lowest BCUT2D eigenvalue weighted by Crippen LogP contribution is -2.23. The molecule has 0 aliphatic carbocycles. The number of hydrogen-bond acceptors (Lipinski definition) is 3. The number of nitrogens with one attached hydrogen (secondary N) is 1. The Bertz CT molecular complexity index is 529. The predicted molar refractivity (Wildman–Crippen MR) is 88.9 cm³/mol. The van der Waals surface area contributed by atoms with E-state index in [0.717, 1.165) is 23.9 Å². The van der Waals surface area contributed by atoms with Crippen LogP contribution in [0.25, 0.3) is 0 Å². The smallest absolute Gasteiger partial charge is 0.147 e. The fourth-order valence-corrected chi connectivity index (χ4v) is 3.41. The normalized spacial score (nSPS) is 13.4. The van der Waals surface area contributed by atoms with E-state index in [0.29, 0.717) is 6.42 Å². The maximum Gasteiger partial charge on any atom is 0.147 e. The maximum atomic E-state index is 11.3. The van der Waals surface area contributed by atoms with Crippen LogP contribution in [0, 0.1) is 6.92 Å². The van der Waals surface area contributed by atoms with Crippen molar-refractivity contribution in [2.75, 3.05) is 18.6 Å². The standard InChI is InChI=1S/C15H24BrNO2S/c1-4-10-17-14(9-6-11-20(3,18)19)13-8-5-7-12(2)15(13)16/h5,7-8,14,17H,4,6,9-11H2,1-3H3. The number of sulfone groups is 1. The molecular formula is C15H24BrNO2S. The van der Waals surface area contributed by atoms with Gasteiger partial charge in [0, 0.05) is 22.5 Å². The van der Waals surface area contributed by atoms with Gasteiger partial charge in [-0.15, -0.1) is 0 Å². The molecule has 3 nitrogen and oxygen atoms in total. The molecule has 0 radical (unpaired) electrons. The largest absolute Gasteiger partial charge is 0.310 e. The van der Waals surface area contributed by atoms with E-state index in [2.05, 4.69) is 47.2 Å². The van der Waals surface area contributed by atoms with Crippen LogP contribution in [-0.2, 0) is 9.84 Å². The molecule has 0 heterocycles. The first-order valence-electron chi connectivity index (χ1n) is 7.01. The highest BCUT2D eigenvalue weighted by molar-refractivity contribution is 9.10. The summed E-state index contributed by atoms with van der Waals surface area (Å²) < 4.78 is 23.6. The van der Waals surface area contributed by atoms with Crippen LogP contribution >= 0.6 is 15.9 Å². The van der Waals surface area contributed by atoms with Gasteiger partial charge in [-0.05, 0) is 43.9 Å². The summed E-state index contributed by atoms with van der Waals surface area (Å²) in [7, 11) is -2.88. The van der Waals surface area contributed by atoms with Crippen LogP contribution in [0.15, 0.2) is 22.7 Å². The topological polar surface area (TPSA) is 46.2 Å². The van der Waals surface area contributed by atoms with Gasteiger partial charge in [0.25, 0.3) is 0 Å². The molecule has 0 spiro atoms. The molecule has 0 amide bonds. The van der Waals surface area contributed by atoms with Gasteiger partial charge in [0.1, 0.15) is 9.84 Å². The summed E-state index contributed by atoms with van der Waals surface area (Å²) in [4.78, 5) is 0. The Morgan fingerprint density at radius 2 is 2.05 bits per heavy atom. The van der Waals surface area contributed by atoms with Gasteiger partial charge in [0.15, 0.2) is 0 Å². The lowest BCUT2D eigenvalue weighted by atomic mass is 10.0. The third-order valence-corrected chi connectivity index (χ3v) is 5.36. The SMILES string of the molecule is CCCNC(CCCS(C)(=O)=O)c1cccc(C)c1Br. The molecule has 1 rings (SSSR count). The summed E-state index contributed by atoms with van der Waals surface area (Å²) in [6.45, 7) is 5.14. The molecule has 0 bridgehead atoms. The van der Waals surface area contributed by atoms with Gasteiger partial charge in [-0.1, -0.05) is 41.1 Å². The zero-order valence-electron chi connectivity index (χ0n) is 12.4. The Hall–Kier alpha value is -0.390. The molecule has 5 heteroatoms. The van der Waals surface area contributed by atoms with Crippen LogP contribution in [0.5, 0.6) is 0 Å². The van der Waals surface area contributed by atoms with Crippen molar-refractivity contribution in [2.45, 2.75) is 39.2 Å². The Kier molecular flexibility index (Phi) is 7.20. The minimum atomic E-state index is -2.88. The van der Waals surface area contributed by atoms with Gasteiger partial charge in [-0.2, -0.15) is 0 Å². The molecule has 1 aromatic carbocycles. The molecule has 114 valence electrons. The molecule has 1 N–H and O–H groups in total. The summed E-state index contributed by atoms with van der Waals surface area (Å²) in [5.41, 5.74) is 2.42. The van der Waals surface area contributed by atoms with Crippen molar-refractivity contribution in [3.05, 3.63) is 33.8 Å². The minimum Gasteiger partial charge on any atom is -0.310 e. The van der Waals surface area contributed by atoms with Crippen LogP contribution in [0.2, 0.25) is 0 Å². The van der Waals surface area contributed by atoms with Gasteiger partial charge in [-0.3, -0.25) is 0 Å². The lowest BCUT2D eigenvalue weighted by molar-refractivity contribution is 0.491. The maximum absolute atomic E-state index is 11.3. The first kappa shape index (κ1) is 17.7. The van der Waals surface area contributed by atoms with Crippen LogP contribution in [-0.4, -0.2) is 27.0 Å². The van der Waals surface area contributed by atoms with E-state index >= 15 is 0 Å². The molecule has 1 aromatic rings. The highest BCUT2D eigenvalue weighted by atomic mass is 79.9. The molecule has 0 aliphatic heterocycles. The second-order valence-electron chi connectivity index (χ2n) is 5.26. The van der Waals surface area contributed by atoms with E-state index in [-0.39, 0.29) is 11.8 Å². The second-order valence-corrected chi connectivity index (χ2v) is 8.31. The van der Waals surface area contributed by atoms with Crippen LogP contribution in [0.1, 0.15) is 43.4 Å². The van der Waals surface area contributed by atoms with Crippen molar-refractivity contribution in [1.82, 2.24) is 5.32 Å². The van der Waals surface area contributed by atoms with Gasteiger partial charge in [0.2, 0.25) is 0 Å². The fourth-order valence-electron chi connectivity index (χ4n) is 2.17. The molecule has 1 atom stereocenters. The van der Waals surface area contributed by atoms with Crippen molar-refractivity contribution < 1.29 is 8.42 Å². The van der Waals surface area contributed by atoms with Crippen molar-refractivity contribution >= 4 is 25.8 Å². The molecule has 0 aromatic heterocycles. The van der Waals surface area contributed by atoms with Crippen LogP contribution in [0.3, 0.4) is 0 Å². The van der Waals surface area contributed by atoms with Crippen molar-refractivity contribution in [2.24, 2.45) is 0 Å². The minimum absolute atomic E-state index is 0.200. The second kappa shape index (κ2) is 8.15. The highest BCUT2D eigenvalue weighted by Crippen LogP contribution is 2.29. The summed E-state index contributed by atoms with van der Waals surface area (Å²) in [5.74, 6) is 0.251. The molecule has 1 unspecified atom stereocenters. The van der Waals surface area contributed by atoms with Crippen molar-refractivity contribution in [3.8, 4) is 0 Å². The summed E-state index contributed by atoms with van der Waals surface area (Å²) in [6, 6.07) is 6.42. The van der Waals surface area contributed by atoms with Gasteiger partial charge >= 0.3 is 0 Å². The highest BCUT2D eigenvalue weighted by Gasteiger charge is 2.15. The van der Waals surface area contributed by atoms with Crippen LogP contribution < -0.4 is 5.32 Å². The molecule has 0 saturated carbocycles. The van der Waals surface area contributed by atoms with E-state index in [9.17, 15) is 8.42 Å². The average Bonchev–Trinajstić information content (AvgIpc) is 2.36. The Morgan fingerprint density at radius 3 is 2.65 bits per heavy atom. The summed E-state index contributed by atoms with van der Waals surface area (Å²) >= 11 is 3.65. The number of hydrogen-bond donors (Lipinski definition) is 1. The molecule has 20 heavy (non-hydrogen) atoms. The monoisotopic (exact) mass is 361 g/mol. The van der Waals surface area contributed by atoms with Gasteiger partial charge in [-0.25, -0.2) is 8.42 Å². The van der Waals surface area contributed by atoms with Crippen molar-refractivity contribution in [1.29, 1.82) is 0 Å². The van der Waals surface area contributed by atoms with E-state index < -0.39 is 9.84 Å². The third-order valence-electron chi connectivity index (χ3n) is 3.25. The molecule has 0 aliphatic rings. The zero-order chi connectivity index (χ0) is 15.2. The fraction of sp³-hybridized carbons (Fsp3) is 0.600. The first-order chi connectivity index (χ1) is 9.35. The number of rotatable bonds is 8. The van der Waals surface area contributed by atoms with Crippen LogP contribution in [0.4, 0.5) is 0 Å². The summed E-state index contributed by atoms with van der Waals surface area (Å²) in [6.07, 6.45) is 3.87. The molecule has 0 saturated heterocycles. The Morgan fingerprint density at radius 1 is 1.35 bits per heavy atom. The number of benzene rings is 1. The summed E-state index contributed by atoms with van der Waals surface area (Å²) in [5, 5.41) is 3.52. The number of aryl methyl sites for hydroxylation is 1. The Balaban J connectivity index is 2.80. The van der Waals surface area contributed by atoms with Crippen molar-refractivity contribution in [3.63, 3.8) is 0 Å². The average molecular weight is 362 g/mol. The Labute approximate surface area is 131 Å². The van der Waals surface area contributed by atoms with E-state index in [1.165, 1.54) is 17.4 Å². The number of halogens is 1. The quantitative estimate of drug-likeness (QED) is 0.768.